The number of rotatable bonds is 3. The van der Waals surface area contributed by atoms with Crippen molar-refractivity contribution in [3.63, 3.8) is 0 Å². The predicted molar refractivity (Wildman–Crippen MR) is 120 cm³/mol. The van der Waals surface area contributed by atoms with Gasteiger partial charge in [-0.15, -0.1) is 0 Å². The Morgan fingerprint density at radius 1 is 0.906 bits per heavy atom. The highest BCUT2D eigenvalue weighted by Crippen LogP contribution is 2.67. The molecule has 0 aliphatic heterocycles. The number of amides is 1. The van der Waals surface area contributed by atoms with E-state index in [-0.39, 0.29) is 46.6 Å². The number of carbonyl (C=O) groups excluding carboxylic acids is 3. The van der Waals surface area contributed by atoms with Crippen LogP contribution in [0.2, 0.25) is 0 Å². The van der Waals surface area contributed by atoms with E-state index in [1.165, 1.54) is 19.4 Å². The molecule has 9 atom stereocenters. The van der Waals surface area contributed by atoms with E-state index in [1.54, 1.807) is 6.92 Å². The predicted octanol–water partition coefficient (Wildman–Crippen LogP) is 4.17. The number of hydrogen-bond acceptors (Lipinski definition) is 5. The maximum Gasteiger partial charge on any atom is 0.303 e. The molecule has 0 saturated heterocycles. The first-order valence-corrected chi connectivity index (χ1v) is 12.3. The maximum absolute atomic E-state index is 12.3. The van der Waals surface area contributed by atoms with Gasteiger partial charge in [-0.3, -0.25) is 14.4 Å². The van der Waals surface area contributed by atoms with Crippen LogP contribution in [0, 0.1) is 34.5 Å². The molecule has 0 aromatic carbocycles. The monoisotopic (exact) mass is 445 g/mol. The standard InChI is InChI=1S/C26H39NO5/c1-14-7-8-19-22-20(10-12-25(14,19)5)26(6)11-9-18(27-15(2)28)13-21(26)23(31-16(3)29)24(22)32-17(4)30/h18-24H,1,7-13H2,2-6H3,(H,27,28)/t18-,19-,20-,21+,22?,23+,24?,25+,26+/m0/s1. The molecular weight excluding hydrogens is 406 g/mol. The zero-order valence-electron chi connectivity index (χ0n) is 20.2. The normalized spacial score (nSPS) is 45.2. The number of nitrogens with one attached hydrogen (secondary N) is 1. The first-order chi connectivity index (χ1) is 15.0. The Morgan fingerprint density at radius 3 is 2.19 bits per heavy atom. The number of carbonyl (C=O) groups is 3. The molecule has 0 heterocycles. The Kier molecular flexibility index (Phi) is 5.96. The van der Waals surface area contributed by atoms with Gasteiger partial charge in [-0.1, -0.05) is 26.0 Å². The van der Waals surface area contributed by atoms with E-state index in [9.17, 15) is 14.4 Å². The van der Waals surface area contributed by atoms with Gasteiger partial charge < -0.3 is 14.8 Å². The smallest absolute Gasteiger partial charge is 0.303 e. The summed E-state index contributed by atoms with van der Waals surface area (Å²) < 4.78 is 12.0. The van der Waals surface area contributed by atoms with E-state index in [1.807, 2.05) is 0 Å². The molecule has 0 radical (unpaired) electrons. The van der Waals surface area contributed by atoms with Crippen molar-refractivity contribution >= 4 is 17.8 Å². The highest BCUT2D eigenvalue weighted by atomic mass is 16.6. The summed E-state index contributed by atoms with van der Waals surface area (Å²) in [4.78, 5) is 36.3. The van der Waals surface area contributed by atoms with Crippen LogP contribution in [0.5, 0.6) is 0 Å². The summed E-state index contributed by atoms with van der Waals surface area (Å²) in [5.41, 5.74) is 1.34. The second kappa shape index (κ2) is 8.18. The molecule has 0 aromatic heterocycles. The minimum Gasteiger partial charge on any atom is -0.458 e. The van der Waals surface area contributed by atoms with E-state index in [2.05, 4.69) is 25.7 Å². The third-order valence-corrected chi connectivity index (χ3v) is 9.66. The van der Waals surface area contributed by atoms with Gasteiger partial charge in [0.25, 0.3) is 0 Å². The van der Waals surface area contributed by atoms with Gasteiger partial charge >= 0.3 is 11.9 Å². The second-order valence-electron chi connectivity index (χ2n) is 11.3. The summed E-state index contributed by atoms with van der Waals surface area (Å²) in [5, 5.41) is 3.08. The van der Waals surface area contributed by atoms with Crippen molar-refractivity contribution in [3.05, 3.63) is 12.2 Å². The number of esters is 2. The average molecular weight is 446 g/mol. The molecule has 1 N–H and O–H groups in total. The molecule has 1 amide bonds. The first-order valence-electron chi connectivity index (χ1n) is 12.3. The van der Waals surface area contributed by atoms with Crippen LogP contribution in [0.15, 0.2) is 12.2 Å². The van der Waals surface area contributed by atoms with Crippen LogP contribution >= 0.6 is 0 Å². The summed E-state index contributed by atoms with van der Waals surface area (Å²) in [6.45, 7) is 13.5. The number of hydrogen-bond donors (Lipinski definition) is 1. The van der Waals surface area contributed by atoms with Gasteiger partial charge in [0.05, 0.1) is 0 Å². The quantitative estimate of drug-likeness (QED) is 0.521. The lowest BCUT2D eigenvalue weighted by Crippen LogP contribution is -2.66. The Morgan fingerprint density at radius 2 is 1.56 bits per heavy atom. The van der Waals surface area contributed by atoms with E-state index >= 15 is 0 Å². The van der Waals surface area contributed by atoms with Crippen molar-refractivity contribution in [1.82, 2.24) is 5.32 Å². The third kappa shape index (κ3) is 3.67. The molecule has 0 bridgehead atoms. The number of ether oxygens (including phenoxy) is 2. The highest BCUT2D eigenvalue weighted by molar-refractivity contribution is 5.73. The zero-order valence-corrected chi connectivity index (χ0v) is 20.2. The minimum absolute atomic E-state index is 0.0261. The van der Waals surface area contributed by atoms with E-state index in [4.69, 9.17) is 9.47 Å². The van der Waals surface area contributed by atoms with Gasteiger partial charge in [0.1, 0.15) is 12.2 Å². The van der Waals surface area contributed by atoms with Gasteiger partial charge in [-0.2, -0.15) is 0 Å². The van der Waals surface area contributed by atoms with E-state index in [0.29, 0.717) is 11.8 Å². The molecule has 0 spiro atoms. The van der Waals surface area contributed by atoms with Crippen LogP contribution < -0.4 is 5.32 Å². The van der Waals surface area contributed by atoms with Gasteiger partial charge in [-0.25, -0.2) is 0 Å². The summed E-state index contributed by atoms with van der Waals surface area (Å²) in [6, 6.07) is 0.0540. The van der Waals surface area contributed by atoms with Crippen molar-refractivity contribution < 1.29 is 23.9 Å². The SMILES string of the molecule is C=C1CC[C@H]2C3C(OC(C)=O)[C@H](OC(C)=O)[C@H]4C[C@@H](NC(C)=O)CC[C@]4(C)[C@H]3CC[C@]12C. The van der Waals surface area contributed by atoms with E-state index < -0.39 is 12.2 Å². The van der Waals surface area contributed by atoms with E-state index in [0.717, 1.165) is 44.9 Å². The molecular formula is C26H39NO5. The molecule has 4 saturated carbocycles. The fraction of sp³-hybridized carbons (Fsp3) is 0.808. The fourth-order valence-electron chi connectivity index (χ4n) is 8.21. The molecule has 2 unspecified atom stereocenters. The molecule has 4 rings (SSSR count). The average Bonchev–Trinajstić information content (AvgIpc) is 2.99. The van der Waals surface area contributed by atoms with Crippen molar-refractivity contribution in [1.29, 1.82) is 0 Å². The van der Waals surface area contributed by atoms with Gasteiger partial charge in [0, 0.05) is 38.6 Å². The largest absolute Gasteiger partial charge is 0.458 e. The number of allylic oxidation sites excluding steroid dienone is 1. The van der Waals surface area contributed by atoms with Crippen LogP contribution in [-0.4, -0.2) is 36.1 Å². The van der Waals surface area contributed by atoms with Crippen LogP contribution in [0.1, 0.15) is 79.6 Å². The summed E-state index contributed by atoms with van der Waals surface area (Å²) in [5.74, 6) is 0.256. The van der Waals surface area contributed by atoms with Gasteiger partial charge in [-0.05, 0) is 67.6 Å². The molecule has 0 aromatic rings. The topological polar surface area (TPSA) is 81.7 Å². The molecule has 4 fully saturated rings. The summed E-state index contributed by atoms with van der Waals surface area (Å²) in [7, 11) is 0. The number of fused-ring (bicyclic) bond motifs is 5. The maximum atomic E-state index is 12.3. The molecule has 32 heavy (non-hydrogen) atoms. The van der Waals surface area contributed by atoms with Crippen LogP contribution in [0.3, 0.4) is 0 Å². The summed E-state index contributed by atoms with van der Waals surface area (Å²) >= 11 is 0. The Labute approximate surface area is 191 Å². The second-order valence-corrected chi connectivity index (χ2v) is 11.3. The first kappa shape index (κ1) is 23.3. The Bertz CT molecular complexity index is 823. The molecule has 4 aliphatic rings. The van der Waals surface area contributed by atoms with Crippen LogP contribution in [0.25, 0.3) is 0 Å². The lowest BCUT2D eigenvalue weighted by Gasteiger charge is -2.64. The van der Waals surface area contributed by atoms with Gasteiger partial charge in [0.2, 0.25) is 5.91 Å². The minimum atomic E-state index is -0.490. The lowest BCUT2D eigenvalue weighted by atomic mass is 9.43. The van der Waals surface area contributed by atoms with Crippen LogP contribution in [-0.2, 0) is 23.9 Å². The molecule has 4 aliphatic carbocycles. The van der Waals surface area contributed by atoms with Crippen molar-refractivity contribution in [2.75, 3.05) is 0 Å². The molecule has 6 nitrogen and oxygen atoms in total. The zero-order chi connectivity index (χ0) is 23.4. The van der Waals surface area contributed by atoms with Crippen molar-refractivity contribution in [3.8, 4) is 0 Å². The summed E-state index contributed by atoms with van der Waals surface area (Å²) in [6.07, 6.45) is 5.94. The third-order valence-electron chi connectivity index (χ3n) is 9.66. The van der Waals surface area contributed by atoms with Crippen molar-refractivity contribution in [2.45, 2.75) is 97.8 Å². The van der Waals surface area contributed by atoms with Gasteiger partial charge in [0.15, 0.2) is 0 Å². The van der Waals surface area contributed by atoms with Crippen LogP contribution in [0.4, 0.5) is 0 Å². The highest BCUT2D eigenvalue weighted by Gasteiger charge is 2.66. The molecule has 178 valence electrons. The Hall–Kier alpha value is -1.85. The lowest BCUT2D eigenvalue weighted by molar-refractivity contribution is -0.233. The van der Waals surface area contributed by atoms with Crippen molar-refractivity contribution in [2.24, 2.45) is 34.5 Å². The Balaban J connectivity index is 1.78. The molecule has 6 heteroatoms. The fourth-order valence-corrected chi connectivity index (χ4v) is 8.21.